The zero-order valence-electron chi connectivity index (χ0n) is 8.42. The van der Waals surface area contributed by atoms with E-state index in [1.807, 2.05) is 12.1 Å². The topological polar surface area (TPSA) is 47.8 Å². The van der Waals surface area contributed by atoms with Crippen LogP contribution in [0.15, 0.2) is 36.8 Å². The zero-order valence-corrected chi connectivity index (χ0v) is 8.42. The number of hydrogen-bond acceptors (Lipinski definition) is 3. The SMILES string of the molecule is Cn1nccc1C(=O)Cc1cccnc1. The monoisotopic (exact) mass is 201 g/mol. The van der Waals surface area contributed by atoms with Crippen LogP contribution in [0.4, 0.5) is 0 Å². The van der Waals surface area contributed by atoms with Crippen molar-refractivity contribution in [2.45, 2.75) is 6.42 Å². The van der Waals surface area contributed by atoms with Crippen molar-refractivity contribution in [3.63, 3.8) is 0 Å². The minimum absolute atomic E-state index is 0.0583. The van der Waals surface area contributed by atoms with Crippen molar-refractivity contribution in [2.24, 2.45) is 7.05 Å². The summed E-state index contributed by atoms with van der Waals surface area (Å²) in [7, 11) is 1.76. The molecule has 0 atom stereocenters. The Morgan fingerprint density at radius 3 is 2.87 bits per heavy atom. The predicted molar refractivity (Wildman–Crippen MR) is 55.5 cm³/mol. The number of aryl methyl sites for hydroxylation is 1. The maximum atomic E-state index is 11.8. The van der Waals surface area contributed by atoms with Crippen LogP contribution < -0.4 is 0 Å². The number of carbonyl (C=O) groups is 1. The van der Waals surface area contributed by atoms with Gasteiger partial charge in [0.1, 0.15) is 5.69 Å². The lowest BCUT2D eigenvalue weighted by molar-refractivity contribution is 0.0984. The summed E-state index contributed by atoms with van der Waals surface area (Å²) in [5.74, 6) is 0.0583. The number of aromatic nitrogens is 3. The highest BCUT2D eigenvalue weighted by molar-refractivity contribution is 5.95. The molecule has 76 valence electrons. The molecule has 2 heterocycles. The molecule has 0 saturated carbocycles. The second-order valence-electron chi connectivity index (χ2n) is 3.30. The number of hydrogen-bond donors (Lipinski definition) is 0. The number of carbonyl (C=O) groups excluding carboxylic acids is 1. The van der Waals surface area contributed by atoms with Crippen LogP contribution in [0.3, 0.4) is 0 Å². The van der Waals surface area contributed by atoms with Gasteiger partial charge in [0, 0.05) is 32.1 Å². The van der Waals surface area contributed by atoms with Gasteiger partial charge in [-0.3, -0.25) is 14.5 Å². The first kappa shape index (κ1) is 9.58. The summed E-state index contributed by atoms with van der Waals surface area (Å²) >= 11 is 0. The van der Waals surface area contributed by atoms with Crippen LogP contribution in [0.5, 0.6) is 0 Å². The van der Waals surface area contributed by atoms with Gasteiger partial charge in [-0.25, -0.2) is 0 Å². The number of rotatable bonds is 3. The summed E-state index contributed by atoms with van der Waals surface area (Å²) in [5.41, 5.74) is 1.54. The Labute approximate surface area is 87.6 Å². The summed E-state index contributed by atoms with van der Waals surface area (Å²) in [5, 5.41) is 3.96. The van der Waals surface area contributed by atoms with E-state index in [-0.39, 0.29) is 5.78 Å². The zero-order chi connectivity index (χ0) is 10.7. The molecule has 4 nitrogen and oxygen atoms in total. The van der Waals surface area contributed by atoms with Crippen molar-refractivity contribution < 1.29 is 4.79 Å². The Morgan fingerprint density at radius 2 is 2.27 bits per heavy atom. The molecule has 0 N–H and O–H groups in total. The van der Waals surface area contributed by atoms with Crippen molar-refractivity contribution in [1.29, 1.82) is 0 Å². The van der Waals surface area contributed by atoms with Crippen LogP contribution in [0.1, 0.15) is 16.1 Å². The summed E-state index contributed by atoms with van der Waals surface area (Å²) in [6.45, 7) is 0. The molecule has 0 amide bonds. The number of ketones is 1. The number of Topliss-reactive ketones (excluding diaryl/α,β-unsaturated/α-hetero) is 1. The van der Waals surface area contributed by atoms with E-state index < -0.39 is 0 Å². The second-order valence-corrected chi connectivity index (χ2v) is 3.30. The molecule has 4 heteroatoms. The Balaban J connectivity index is 2.15. The molecule has 0 saturated heterocycles. The first-order chi connectivity index (χ1) is 7.27. The Hall–Kier alpha value is -1.97. The molecule has 2 rings (SSSR count). The quantitative estimate of drug-likeness (QED) is 0.702. The third-order valence-corrected chi connectivity index (χ3v) is 2.19. The summed E-state index contributed by atoms with van der Waals surface area (Å²) < 4.78 is 1.58. The second kappa shape index (κ2) is 4.04. The van der Waals surface area contributed by atoms with Gasteiger partial charge in [0.05, 0.1) is 0 Å². The minimum atomic E-state index is 0.0583. The van der Waals surface area contributed by atoms with Gasteiger partial charge in [0.25, 0.3) is 0 Å². The summed E-state index contributed by atoms with van der Waals surface area (Å²) in [6.07, 6.45) is 5.39. The maximum Gasteiger partial charge on any atom is 0.185 e. The first-order valence-electron chi connectivity index (χ1n) is 4.67. The van der Waals surface area contributed by atoms with Gasteiger partial charge in [0.15, 0.2) is 5.78 Å². The van der Waals surface area contributed by atoms with Crippen LogP contribution in [-0.2, 0) is 13.5 Å². The van der Waals surface area contributed by atoms with Crippen LogP contribution in [0.25, 0.3) is 0 Å². The fourth-order valence-corrected chi connectivity index (χ4v) is 1.43. The Morgan fingerprint density at radius 1 is 1.40 bits per heavy atom. The fourth-order valence-electron chi connectivity index (χ4n) is 1.43. The molecule has 0 aliphatic rings. The van der Waals surface area contributed by atoms with Crippen molar-refractivity contribution in [2.75, 3.05) is 0 Å². The van der Waals surface area contributed by atoms with Crippen molar-refractivity contribution in [3.05, 3.63) is 48.0 Å². The lowest BCUT2D eigenvalue weighted by Gasteiger charge is -2.00. The fraction of sp³-hybridized carbons (Fsp3) is 0.182. The van der Waals surface area contributed by atoms with Gasteiger partial charge in [-0.2, -0.15) is 5.10 Å². The van der Waals surface area contributed by atoms with Gasteiger partial charge < -0.3 is 0 Å². The Kier molecular flexibility index (Phi) is 2.58. The average molecular weight is 201 g/mol. The van der Waals surface area contributed by atoms with E-state index >= 15 is 0 Å². The normalized spacial score (nSPS) is 10.2. The minimum Gasteiger partial charge on any atom is -0.292 e. The summed E-state index contributed by atoms with van der Waals surface area (Å²) in [4.78, 5) is 15.8. The van der Waals surface area contributed by atoms with Crippen molar-refractivity contribution in [3.8, 4) is 0 Å². The number of nitrogens with zero attached hydrogens (tertiary/aromatic N) is 3. The van der Waals surface area contributed by atoms with Crippen LogP contribution in [-0.4, -0.2) is 20.5 Å². The molecule has 0 radical (unpaired) electrons. The van der Waals surface area contributed by atoms with Gasteiger partial charge in [0.2, 0.25) is 0 Å². The molecular weight excluding hydrogens is 190 g/mol. The third kappa shape index (κ3) is 2.10. The molecule has 2 aromatic heterocycles. The lowest BCUT2D eigenvalue weighted by atomic mass is 10.1. The molecule has 0 aliphatic heterocycles. The molecule has 0 spiro atoms. The molecule has 15 heavy (non-hydrogen) atoms. The molecule has 0 unspecified atom stereocenters. The van der Waals surface area contributed by atoms with Gasteiger partial charge in [-0.15, -0.1) is 0 Å². The number of pyridine rings is 1. The molecule has 0 bridgehead atoms. The smallest absolute Gasteiger partial charge is 0.185 e. The van der Waals surface area contributed by atoms with E-state index in [1.165, 1.54) is 0 Å². The van der Waals surface area contributed by atoms with E-state index in [0.717, 1.165) is 5.56 Å². The Bertz CT molecular complexity index is 462. The van der Waals surface area contributed by atoms with E-state index in [9.17, 15) is 4.79 Å². The third-order valence-electron chi connectivity index (χ3n) is 2.19. The van der Waals surface area contributed by atoms with E-state index in [0.29, 0.717) is 12.1 Å². The standard InChI is InChI=1S/C11H11N3O/c1-14-10(4-6-13-14)11(15)7-9-3-2-5-12-8-9/h2-6,8H,7H2,1H3. The summed E-state index contributed by atoms with van der Waals surface area (Å²) in [6, 6.07) is 5.44. The van der Waals surface area contributed by atoms with E-state index in [4.69, 9.17) is 0 Å². The highest BCUT2D eigenvalue weighted by Gasteiger charge is 2.10. The first-order valence-corrected chi connectivity index (χ1v) is 4.67. The molecule has 0 aromatic carbocycles. The molecular formula is C11H11N3O. The maximum absolute atomic E-state index is 11.8. The molecule has 0 aliphatic carbocycles. The van der Waals surface area contributed by atoms with Crippen LogP contribution in [0, 0.1) is 0 Å². The van der Waals surface area contributed by atoms with Gasteiger partial charge >= 0.3 is 0 Å². The average Bonchev–Trinajstić information content (AvgIpc) is 2.66. The lowest BCUT2D eigenvalue weighted by Crippen LogP contribution is -2.09. The predicted octanol–water partition coefficient (Wildman–Crippen LogP) is 1.24. The van der Waals surface area contributed by atoms with Gasteiger partial charge in [-0.1, -0.05) is 6.07 Å². The largest absolute Gasteiger partial charge is 0.292 e. The molecule has 2 aromatic rings. The van der Waals surface area contributed by atoms with Crippen molar-refractivity contribution in [1.82, 2.24) is 14.8 Å². The van der Waals surface area contributed by atoms with E-state index in [1.54, 1.807) is 36.4 Å². The van der Waals surface area contributed by atoms with Crippen LogP contribution >= 0.6 is 0 Å². The van der Waals surface area contributed by atoms with Gasteiger partial charge in [-0.05, 0) is 17.7 Å². The highest BCUT2D eigenvalue weighted by atomic mass is 16.1. The van der Waals surface area contributed by atoms with E-state index in [2.05, 4.69) is 10.1 Å². The van der Waals surface area contributed by atoms with Crippen molar-refractivity contribution >= 4 is 5.78 Å². The van der Waals surface area contributed by atoms with Crippen LogP contribution in [0.2, 0.25) is 0 Å². The molecule has 0 fully saturated rings. The highest BCUT2D eigenvalue weighted by Crippen LogP contribution is 2.05.